The third-order valence-electron chi connectivity index (χ3n) is 2.89. The predicted octanol–water partition coefficient (Wildman–Crippen LogP) is 1.94. The lowest BCUT2D eigenvalue weighted by atomic mass is 10.4. The first-order valence-corrected chi connectivity index (χ1v) is 6.04. The van der Waals surface area contributed by atoms with E-state index in [0.29, 0.717) is 11.9 Å². The molecule has 2 heterocycles. The van der Waals surface area contributed by atoms with Crippen LogP contribution in [0, 0.1) is 0 Å². The summed E-state index contributed by atoms with van der Waals surface area (Å²) >= 11 is 5.85. The Hall–Kier alpha value is -1.29. The smallest absolute Gasteiger partial charge is 0.154 e. The molecule has 0 spiro atoms. The molecule has 3 rings (SSSR count). The molecule has 0 radical (unpaired) electrons. The zero-order valence-electron chi connectivity index (χ0n) is 8.88. The zero-order valence-corrected chi connectivity index (χ0v) is 9.64. The Morgan fingerprint density at radius 1 is 1.44 bits per heavy atom. The minimum atomic E-state index is 0.618. The first-order valence-electron chi connectivity index (χ1n) is 5.51. The Labute approximate surface area is 98.8 Å². The largest absolute Gasteiger partial charge is 0.351 e. The van der Waals surface area contributed by atoms with Gasteiger partial charge in [-0.25, -0.2) is 9.50 Å². The van der Waals surface area contributed by atoms with E-state index in [1.165, 1.54) is 12.8 Å². The van der Waals surface area contributed by atoms with Gasteiger partial charge in [0, 0.05) is 30.9 Å². The third kappa shape index (κ3) is 1.63. The molecular weight excluding hydrogens is 224 g/mol. The topological polar surface area (TPSA) is 33.4 Å². The molecule has 0 bridgehead atoms. The average molecular weight is 237 g/mol. The molecular formula is C11H13ClN4. The molecule has 84 valence electrons. The minimum Gasteiger partial charge on any atom is -0.351 e. The van der Waals surface area contributed by atoms with Crippen molar-refractivity contribution in [1.82, 2.24) is 14.6 Å². The molecule has 1 aliphatic rings. The van der Waals surface area contributed by atoms with Crippen molar-refractivity contribution in [3.05, 3.63) is 24.7 Å². The lowest BCUT2D eigenvalue weighted by Crippen LogP contribution is -2.29. The Bertz CT molecular complexity index is 491. The monoisotopic (exact) mass is 236 g/mol. The zero-order chi connectivity index (χ0) is 11.0. The van der Waals surface area contributed by atoms with E-state index in [2.05, 4.69) is 15.0 Å². The molecule has 1 fully saturated rings. The van der Waals surface area contributed by atoms with Crippen LogP contribution in [0.5, 0.6) is 0 Å². The van der Waals surface area contributed by atoms with E-state index in [1.807, 2.05) is 16.8 Å². The average Bonchev–Trinajstić information content (AvgIpc) is 3.02. The molecule has 5 heteroatoms. The van der Waals surface area contributed by atoms with Crippen molar-refractivity contribution in [1.29, 1.82) is 0 Å². The van der Waals surface area contributed by atoms with Crippen LogP contribution in [0.3, 0.4) is 0 Å². The highest BCUT2D eigenvalue weighted by molar-refractivity contribution is 6.18. The maximum atomic E-state index is 5.85. The summed E-state index contributed by atoms with van der Waals surface area (Å²) in [6, 6.07) is 2.61. The Morgan fingerprint density at radius 3 is 3.06 bits per heavy atom. The van der Waals surface area contributed by atoms with E-state index in [-0.39, 0.29) is 0 Å². The summed E-state index contributed by atoms with van der Waals surface area (Å²) < 4.78 is 1.85. The van der Waals surface area contributed by atoms with Gasteiger partial charge in [0.25, 0.3) is 0 Å². The summed E-state index contributed by atoms with van der Waals surface area (Å²) in [5.74, 6) is 1.64. The van der Waals surface area contributed by atoms with Gasteiger partial charge in [-0.3, -0.25) is 0 Å². The first-order chi connectivity index (χ1) is 7.90. The van der Waals surface area contributed by atoms with Crippen molar-refractivity contribution >= 4 is 22.9 Å². The molecule has 0 atom stereocenters. The van der Waals surface area contributed by atoms with Crippen molar-refractivity contribution in [2.45, 2.75) is 18.9 Å². The second-order valence-electron chi connectivity index (χ2n) is 4.03. The maximum Gasteiger partial charge on any atom is 0.154 e. The van der Waals surface area contributed by atoms with Crippen molar-refractivity contribution in [3.8, 4) is 0 Å². The van der Waals surface area contributed by atoms with E-state index in [0.717, 1.165) is 17.9 Å². The second-order valence-corrected chi connectivity index (χ2v) is 4.40. The van der Waals surface area contributed by atoms with Gasteiger partial charge in [-0.15, -0.1) is 11.6 Å². The summed E-state index contributed by atoms with van der Waals surface area (Å²) in [4.78, 5) is 6.76. The van der Waals surface area contributed by atoms with Crippen LogP contribution in [-0.4, -0.2) is 33.1 Å². The Kier molecular flexibility index (Phi) is 2.44. The fraction of sp³-hybridized carbons (Fsp3) is 0.455. The number of hydrogen-bond donors (Lipinski definition) is 0. The standard InChI is InChI=1S/C11H13ClN4/c12-4-7-15(9-1-2-9)11-10-3-5-14-16(10)8-6-13-11/h3,5-6,8-9H,1-2,4,7H2. The van der Waals surface area contributed by atoms with Crippen molar-refractivity contribution < 1.29 is 0 Å². The van der Waals surface area contributed by atoms with E-state index in [9.17, 15) is 0 Å². The fourth-order valence-electron chi connectivity index (χ4n) is 2.00. The van der Waals surface area contributed by atoms with E-state index in [1.54, 1.807) is 12.4 Å². The molecule has 0 N–H and O–H groups in total. The maximum absolute atomic E-state index is 5.85. The number of rotatable bonds is 4. The van der Waals surface area contributed by atoms with Crippen LogP contribution >= 0.6 is 11.6 Å². The molecule has 1 aliphatic carbocycles. The molecule has 0 amide bonds. The molecule has 16 heavy (non-hydrogen) atoms. The summed E-state index contributed by atoms with van der Waals surface area (Å²) in [6.45, 7) is 0.851. The van der Waals surface area contributed by atoms with E-state index < -0.39 is 0 Å². The number of hydrogen-bond acceptors (Lipinski definition) is 3. The summed E-state index contributed by atoms with van der Waals surface area (Å²) in [5.41, 5.74) is 1.06. The highest BCUT2D eigenvalue weighted by Crippen LogP contribution is 2.32. The third-order valence-corrected chi connectivity index (χ3v) is 3.06. The van der Waals surface area contributed by atoms with Gasteiger partial charge < -0.3 is 4.90 Å². The normalized spacial score (nSPS) is 15.6. The summed E-state index contributed by atoms with van der Waals surface area (Å²) in [6.07, 6.45) is 7.94. The van der Waals surface area contributed by atoms with Crippen LogP contribution in [0.2, 0.25) is 0 Å². The van der Waals surface area contributed by atoms with Crippen LogP contribution in [0.25, 0.3) is 5.52 Å². The molecule has 2 aromatic rings. The van der Waals surface area contributed by atoms with Crippen molar-refractivity contribution in [2.24, 2.45) is 0 Å². The van der Waals surface area contributed by atoms with Gasteiger partial charge >= 0.3 is 0 Å². The van der Waals surface area contributed by atoms with Crippen molar-refractivity contribution in [2.75, 3.05) is 17.3 Å². The SMILES string of the molecule is ClCCN(c1nccn2nccc12)C1CC1. The molecule has 2 aromatic heterocycles. The van der Waals surface area contributed by atoms with Gasteiger partial charge in [0.1, 0.15) is 5.52 Å². The van der Waals surface area contributed by atoms with Crippen molar-refractivity contribution in [3.63, 3.8) is 0 Å². The van der Waals surface area contributed by atoms with E-state index >= 15 is 0 Å². The highest BCUT2D eigenvalue weighted by Gasteiger charge is 2.30. The van der Waals surface area contributed by atoms with Crippen LogP contribution in [-0.2, 0) is 0 Å². The van der Waals surface area contributed by atoms with Crippen LogP contribution in [0.15, 0.2) is 24.7 Å². The van der Waals surface area contributed by atoms with Gasteiger partial charge in [-0.1, -0.05) is 0 Å². The number of anilines is 1. The van der Waals surface area contributed by atoms with Crippen LogP contribution < -0.4 is 4.90 Å². The summed E-state index contributed by atoms with van der Waals surface area (Å²) in [5, 5.41) is 4.22. The molecule has 1 saturated carbocycles. The number of halogens is 1. The van der Waals surface area contributed by atoms with Crippen LogP contribution in [0.1, 0.15) is 12.8 Å². The lowest BCUT2D eigenvalue weighted by Gasteiger charge is -2.22. The van der Waals surface area contributed by atoms with Gasteiger partial charge in [0.05, 0.1) is 6.20 Å². The molecule has 4 nitrogen and oxygen atoms in total. The fourth-order valence-corrected chi connectivity index (χ4v) is 2.19. The van der Waals surface area contributed by atoms with Gasteiger partial charge in [-0.2, -0.15) is 5.10 Å². The quantitative estimate of drug-likeness (QED) is 0.761. The van der Waals surface area contributed by atoms with Crippen LogP contribution in [0.4, 0.5) is 5.82 Å². The second kappa shape index (κ2) is 3.94. The highest BCUT2D eigenvalue weighted by atomic mass is 35.5. The first kappa shape index (κ1) is 9.90. The Balaban J connectivity index is 2.04. The minimum absolute atomic E-state index is 0.618. The predicted molar refractivity (Wildman–Crippen MR) is 64.1 cm³/mol. The van der Waals surface area contributed by atoms with Gasteiger partial charge in [0.15, 0.2) is 5.82 Å². The Morgan fingerprint density at radius 2 is 2.31 bits per heavy atom. The van der Waals surface area contributed by atoms with E-state index in [4.69, 9.17) is 11.6 Å². The van der Waals surface area contributed by atoms with Gasteiger partial charge in [-0.05, 0) is 18.9 Å². The number of alkyl halides is 1. The molecule has 0 aliphatic heterocycles. The number of aromatic nitrogens is 3. The summed E-state index contributed by atoms with van der Waals surface area (Å²) in [7, 11) is 0. The molecule has 0 unspecified atom stereocenters. The lowest BCUT2D eigenvalue weighted by molar-refractivity contribution is 0.806. The van der Waals surface area contributed by atoms with Gasteiger partial charge in [0.2, 0.25) is 0 Å². The molecule has 0 saturated heterocycles. The number of nitrogens with zero attached hydrogens (tertiary/aromatic N) is 4. The molecule has 0 aromatic carbocycles. The number of fused-ring (bicyclic) bond motifs is 1.